The van der Waals surface area contributed by atoms with Crippen LogP contribution in [0.4, 0.5) is 0 Å². The summed E-state index contributed by atoms with van der Waals surface area (Å²) in [5, 5.41) is 3.00. The molecule has 0 radical (unpaired) electrons. The number of nitrogens with zero attached hydrogens (tertiary/aromatic N) is 1. The van der Waals surface area contributed by atoms with Crippen molar-refractivity contribution in [1.29, 1.82) is 0 Å². The lowest BCUT2D eigenvalue weighted by atomic mass is 9.87. The highest BCUT2D eigenvalue weighted by Gasteiger charge is 2.41. The summed E-state index contributed by atoms with van der Waals surface area (Å²) in [6.45, 7) is 3.63. The van der Waals surface area contributed by atoms with Gasteiger partial charge in [0.05, 0.1) is 19.4 Å². The maximum atomic E-state index is 12.9. The quantitative estimate of drug-likeness (QED) is 0.803. The first-order chi connectivity index (χ1) is 13.6. The highest BCUT2D eigenvalue weighted by molar-refractivity contribution is 5.84. The van der Waals surface area contributed by atoms with Crippen LogP contribution in [-0.2, 0) is 16.0 Å². The lowest BCUT2D eigenvalue weighted by Gasteiger charge is -2.20. The van der Waals surface area contributed by atoms with Gasteiger partial charge in [-0.1, -0.05) is 55.5 Å². The van der Waals surface area contributed by atoms with E-state index in [1.807, 2.05) is 66.4 Å². The van der Waals surface area contributed by atoms with Crippen LogP contribution in [0.15, 0.2) is 54.6 Å². The molecule has 28 heavy (non-hydrogen) atoms. The minimum atomic E-state index is -0.275. The number of hydrogen-bond donors (Lipinski definition) is 1. The summed E-state index contributed by atoms with van der Waals surface area (Å²) in [6.07, 6.45) is 1.23. The van der Waals surface area contributed by atoms with E-state index < -0.39 is 0 Å². The van der Waals surface area contributed by atoms with E-state index in [0.29, 0.717) is 26.1 Å². The van der Waals surface area contributed by atoms with Crippen LogP contribution in [0.25, 0.3) is 0 Å². The van der Waals surface area contributed by atoms with E-state index in [2.05, 4.69) is 5.32 Å². The molecular weight excluding hydrogens is 352 g/mol. The van der Waals surface area contributed by atoms with Crippen LogP contribution >= 0.6 is 0 Å². The fraction of sp³-hybridized carbons (Fsp3) is 0.391. The molecule has 3 rings (SSSR count). The third-order valence-corrected chi connectivity index (χ3v) is 5.30. The highest BCUT2D eigenvalue weighted by atomic mass is 16.5. The summed E-state index contributed by atoms with van der Waals surface area (Å²) >= 11 is 0. The zero-order chi connectivity index (χ0) is 19.9. The Bertz CT molecular complexity index is 807. The zero-order valence-electron chi connectivity index (χ0n) is 16.6. The Kier molecular flexibility index (Phi) is 6.69. The topological polar surface area (TPSA) is 58.6 Å². The number of methoxy groups -OCH3 is 1. The summed E-state index contributed by atoms with van der Waals surface area (Å²) in [7, 11) is 1.64. The van der Waals surface area contributed by atoms with Gasteiger partial charge in [-0.3, -0.25) is 9.59 Å². The predicted molar refractivity (Wildman–Crippen MR) is 109 cm³/mol. The smallest absolute Gasteiger partial charge is 0.227 e. The summed E-state index contributed by atoms with van der Waals surface area (Å²) in [4.78, 5) is 27.5. The number of nitrogens with one attached hydrogen (secondary N) is 1. The van der Waals surface area contributed by atoms with E-state index in [9.17, 15) is 9.59 Å². The molecule has 148 valence electrons. The van der Waals surface area contributed by atoms with Gasteiger partial charge in [0.25, 0.3) is 0 Å². The Morgan fingerprint density at radius 3 is 2.50 bits per heavy atom. The van der Waals surface area contributed by atoms with Crippen molar-refractivity contribution in [2.24, 2.45) is 5.92 Å². The van der Waals surface area contributed by atoms with Gasteiger partial charge in [0.15, 0.2) is 0 Å². The Morgan fingerprint density at radius 1 is 1.07 bits per heavy atom. The first kappa shape index (κ1) is 19.9. The van der Waals surface area contributed by atoms with Crippen LogP contribution in [0.3, 0.4) is 0 Å². The number of likely N-dealkylation sites (tertiary alicyclic amines) is 1. The minimum absolute atomic E-state index is 0.00719. The SMILES string of the molecule is CCCNC(=O)C1CN(C(=O)Cc2ccccc2)CC1c1ccccc1OC. The monoisotopic (exact) mass is 380 g/mol. The summed E-state index contributed by atoms with van der Waals surface area (Å²) < 4.78 is 5.52. The second-order valence-electron chi connectivity index (χ2n) is 7.21. The van der Waals surface area contributed by atoms with E-state index in [-0.39, 0.29) is 23.7 Å². The van der Waals surface area contributed by atoms with Crippen molar-refractivity contribution >= 4 is 11.8 Å². The molecule has 1 heterocycles. The standard InChI is InChI=1S/C23H28N2O3/c1-3-13-24-23(27)20-16-25(22(26)14-17-9-5-4-6-10-17)15-19(20)18-11-7-8-12-21(18)28-2/h4-12,19-20H,3,13-16H2,1-2H3,(H,24,27). The number of carbonyl (C=O) groups is 2. The van der Waals surface area contributed by atoms with E-state index in [4.69, 9.17) is 4.74 Å². The summed E-state index contributed by atoms with van der Waals surface area (Å²) in [5.74, 6) is 0.470. The lowest BCUT2D eigenvalue weighted by molar-refractivity contribution is -0.130. The zero-order valence-corrected chi connectivity index (χ0v) is 16.6. The maximum absolute atomic E-state index is 12.9. The Hall–Kier alpha value is -2.82. The maximum Gasteiger partial charge on any atom is 0.227 e. The number of ether oxygens (including phenoxy) is 1. The molecule has 5 heteroatoms. The van der Waals surface area contributed by atoms with Crippen molar-refractivity contribution < 1.29 is 14.3 Å². The number of para-hydroxylation sites is 1. The van der Waals surface area contributed by atoms with Crippen molar-refractivity contribution in [3.05, 3.63) is 65.7 Å². The normalized spacial score (nSPS) is 18.7. The third-order valence-electron chi connectivity index (χ3n) is 5.30. The fourth-order valence-corrected chi connectivity index (χ4v) is 3.82. The number of carbonyl (C=O) groups excluding carboxylic acids is 2. The predicted octanol–water partition coefficient (Wildman–Crippen LogP) is 3.01. The number of hydrogen-bond acceptors (Lipinski definition) is 3. The van der Waals surface area contributed by atoms with Crippen molar-refractivity contribution in [2.75, 3.05) is 26.7 Å². The molecule has 1 fully saturated rings. The largest absolute Gasteiger partial charge is 0.496 e. The van der Waals surface area contributed by atoms with Crippen molar-refractivity contribution in [2.45, 2.75) is 25.7 Å². The first-order valence-corrected chi connectivity index (χ1v) is 9.86. The van der Waals surface area contributed by atoms with Crippen molar-refractivity contribution in [1.82, 2.24) is 10.2 Å². The summed E-state index contributed by atoms with van der Waals surface area (Å²) in [6, 6.07) is 17.5. The molecule has 0 spiro atoms. The van der Waals surface area contributed by atoms with Gasteiger partial charge < -0.3 is 15.0 Å². The fourth-order valence-electron chi connectivity index (χ4n) is 3.82. The van der Waals surface area contributed by atoms with Crippen molar-refractivity contribution in [3.8, 4) is 5.75 Å². The van der Waals surface area contributed by atoms with Crippen LogP contribution in [0.5, 0.6) is 5.75 Å². The number of rotatable bonds is 7. The van der Waals surface area contributed by atoms with Gasteiger partial charge in [0.1, 0.15) is 5.75 Å². The molecule has 0 aromatic heterocycles. The summed E-state index contributed by atoms with van der Waals surface area (Å²) in [5.41, 5.74) is 1.97. The highest BCUT2D eigenvalue weighted by Crippen LogP contribution is 2.37. The Labute approximate surface area is 166 Å². The van der Waals surface area contributed by atoms with Gasteiger partial charge >= 0.3 is 0 Å². The molecule has 2 aromatic carbocycles. The van der Waals surface area contributed by atoms with Crippen LogP contribution in [0.2, 0.25) is 0 Å². The van der Waals surface area contributed by atoms with Gasteiger partial charge in [0, 0.05) is 25.6 Å². The molecule has 5 nitrogen and oxygen atoms in total. The van der Waals surface area contributed by atoms with Crippen LogP contribution in [0.1, 0.15) is 30.4 Å². The average molecular weight is 380 g/mol. The van der Waals surface area contributed by atoms with Gasteiger partial charge in [-0.2, -0.15) is 0 Å². The second-order valence-corrected chi connectivity index (χ2v) is 7.21. The molecule has 1 aliphatic rings. The molecule has 1 N–H and O–H groups in total. The van der Waals surface area contributed by atoms with Gasteiger partial charge in [0.2, 0.25) is 11.8 Å². The average Bonchev–Trinajstić information content (AvgIpc) is 3.18. The van der Waals surface area contributed by atoms with Crippen LogP contribution in [0, 0.1) is 5.92 Å². The Morgan fingerprint density at radius 2 is 1.79 bits per heavy atom. The van der Waals surface area contributed by atoms with E-state index in [0.717, 1.165) is 23.3 Å². The lowest BCUT2D eigenvalue weighted by Crippen LogP contribution is -2.36. The molecule has 2 atom stereocenters. The van der Waals surface area contributed by atoms with E-state index in [1.54, 1.807) is 7.11 Å². The Balaban J connectivity index is 1.81. The van der Waals surface area contributed by atoms with Gasteiger partial charge in [-0.05, 0) is 23.6 Å². The number of benzene rings is 2. The van der Waals surface area contributed by atoms with Crippen LogP contribution in [-0.4, -0.2) is 43.5 Å². The molecule has 2 amide bonds. The molecule has 1 aliphatic heterocycles. The molecule has 2 unspecified atom stereocenters. The molecule has 1 saturated heterocycles. The third kappa shape index (κ3) is 4.53. The first-order valence-electron chi connectivity index (χ1n) is 9.86. The van der Waals surface area contributed by atoms with E-state index in [1.165, 1.54) is 0 Å². The molecular formula is C23H28N2O3. The number of amides is 2. The van der Waals surface area contributed by atoms with Crippen molar-refractivity contribution in [3.63, 3.8) is 0 Å². The molecule has 0 bridgehead atoms. The van der Waals surface area contributed by atoms with Crippen LogP contribution < -0.4 is 10.1 Å². The molecule has 2 aromatic rings. The molecule has 0 saturated carbocycles. The van der Waals surface area contributed by atoms with E-state index >= 15 is 0 Å². The van der Waals surface area contributed by atoms with Gasteiger partial charge in [-0.25, -0.2) is 0 Å². The minimum Gasteiger partial charge on any atom is -0.496 e. The molecule has 0 aliphatic carbocycles. The second kappa shape index (κ2) is 9.40. The van der Waals surface area contributed by atoms with Gasteiger partial charge in [-0.15, -0.1) is 0 Å².